The number of nitrogens with one attached hydrogen (secondary N) is 1. The highest BCUT2D eigenvalue weighted by Crippen LogP contribution is 2.49. The average Bonchev–Trinajstić information content (AvgIpc) is 3.24. The summed E-state index contributed by atoms with van der Waals surface area (Å²) in [6, 6.07) is 10.9. The molecule has 1 aliphatic carbocycles. The molecular formula is C15H14ClN3O. The number of pyridine rings is 1. The van der Waals surface area contributed by atoms with Gasteiger partial charge in [-0.2, -0.15) is 0 Å². The molecule has 1 aromatic carbocycles. The van der Waals surface area contributed by atoms with Crippen molar-refractivity contribution in [2.45, 2.75) is 18.3 Å². The van der Waals surface area contributed by atoms with E-state index in [-0.39, 0.29) is 5.91 Å². The Labute approximate surface area is 122 Å². The summed E-state index contributed by atoms with van der Waals surface area (Å²) in [4.78, 5) is 16.6. The Bertz CT molecular complexity index is 650. The van der Waals surface area contributed by atoms with E-state index in [4.69, 9.17) is 17.3 Å². The fourth-order valence-corrected chi connectivity index (χ4v) is 2.45. The summed E-state index contributed by atoms with van der Waals surface area (Å²) in [5.74, 6) is 0.337. The molecule has 0 unspecified atom stereocenters. The monoisotopic (exact) mass is 287 g/mol. The molecule has 0 bridgehead atoms. The van der Waals surface area contributed by atoms with Gasteiger partial charge in [-0.1, -0.05) is 23.7 Å². The first-order valence-electron chi connectivity index (χ1n) is 6.40. The highest BCUT2D eigenvalue weighted by atomic mass is 35.5. The summed E-state index contributed by atoms with van der Waals surface area (Å²) < 4.78 is 0. The van der Waals surface area contributed by atoms with Crippen LogP contribution in [0, 0.1) is 0 Å². The van der Waals surface area contributed by atoms with Crippen molar-refractivity contribution in [3.05, 3.63) is 53.2 Å². The lowest BCUT2D eigenvalue weighted by Gasteiger charge is -2.16. The average molecular weight is 288 g/mol. The first-order chi connectivity index (χ1) is 9.62. The molecule has 0 radical (unpaired) electrons. The van der Waals surface area contributed by atoms with Gasteiger partial charge in [0.2, 0.25) is 5.91 Å². The van der Waals surface area contributed by atoms with Crippen molar-refractivity contribution in [2.75, 3.05) is 11.1 Å². The maximum absolute atomic E-state index is 12.5. The summed E-state index contributed by atoms with van der Waals surface area (Å²) in [6.07, 6.45) is 3.25. The molecule has 1 heterocycles. The van der Waals surface area contributed by atoms with Crippen LogP contribution in [-0.4, -0.2) is 10.9 Å². The molecular weight excluding hydrogens is 274 g/mol. The molecule has 0 saturated heterocycles. The van der Waals surface area contributed by atoms with Gasteiger partial charge in [0, 0.05) is 11.9 Å². The zero-order valence-corrected chi connectivity index (χ0v) is 11.5. The number of nitrogens with two attached hydrogens (primary N) is 1. The molecule has 0 atom stereocenters. The summed E-state index contributed by atoms with van der Waals surface area (Å²) in [7, 11) is 0. The van der Waals surface area contributed by atoms with E-state index >= 15 is 0 Å². The van der Waals surface area contributed by atoms with Crippen molar-refractivity contribution in [2.24, 2.45) is 0 Å². The van der Waals surface area contributed by atoms with Crippen LogP contribution in [0.3, 0.4) is 0 Å². The zero-order valence-electron chi connectivity index (χ0n) is 10.8. The second-order valence-electron chi connectivity index (χ2n) is 4.99. The van der Waals surface area contributed by atoms with Crippen LogP contribution in [0.2, 0.25) is 5.02 Å². The molecule has 102 valence electrons. The van der Waals surface area contributed by atoms with E-state index in [0.717, 1.165) is 18.4 Å². The Morgan fingerprint density at radius 1 is 1.25 bits per heavy atom. The van der Waals surface area contributed by atoms with Crippen LogP contribution in [0.5, 0.6) is 0 Å². The zero-order chi connectivity index (χ0) is 14.2. The Kier molecular flexibility index (Phi) is 3.10. The van der Waals surface area contributed by atoms with Crippen molar-refractivity contribution in [3.63, 3.8) is 0 Å². The minimum atomic E-state index is -0.464. The van der Waals surface area contributed by atoms with Crippen molar-refractivity contribution in [1.82, 2.24) is 4.98 Å². The van der Waals surface area contributed by atoms with Gasteiger partial charge in [-0.15, -0.1) is 0 Å². The summed E-state index contributed by atoms with van der Waals surface area (Å²) in [6.45, 7) is 0. The van der Waals surface area contributed by atoms with Crippen LogP contribution in [-0.2, 0) is 10.2 Å². The minimum absolute atomic E-state index is 0.0668. The normalized spacial score (nSPS) is 15.7. The predicted molar refractivity (Wildman–Crippen MR) is 79.6 cm³/mol. The van der Waals surface area contributed by atoms with Gasteiger partial charge in [0.25, 0.3) is 0 Å². The molecule has 1 aromatic heterocycles. The van der Waals surface area contributed by atoms with E-state index in [9.17, 15) is 4.79 Å². The van der Waals surface area contributed by atoms with Crippen LogP contribution in [0.4, 0.5) is 11.5 Å². The fraction of sp³-hybridized carbons (Fsp3) is 0.200. The number of halogens is 1. The Balaban J connectivity index is 1.84. The van der Waals surface area contributed by atoms with Gasteiger partial charge in [0.15, 0.2) is 5.82 Å². The lowest BCUT2D eigenvalue weighted by atomic mass is 9.95. The Morgan fingerprint density at radius 2 is 1.95 bits per heavy atom. The first kappa shape index (κ1) is 12.9. The summed E-state index contributed by atoms with van der Waals surface area (Å²) in [5.41, 5.74) is 6.89. The van der Waals surface area contributed by atoms with Crippen molar-refractivity contribution in [1.29, 1.82) is 0 Å². The van der Waals surface area contributed by atoms with E-state index < -0.39 is 5.41 Å². The smallest absolute Gasteiger partial charge is 0.236 e. The first-order valence-corrected chi connectivity index (χ1v) is 6.78. The largest absolute Gasteiger partial charge is 0.399 e. The predicted octanol–water partition coefficient (Wildman–Crippen LogP) is 2.99. The van der Waals surface area contributed by atoms with Gasteiger partial charge in [0.1, 0.15) is 0 Å². The van der Waals surface area contributed by atoms with Gasteiger partial charge in [-0.3, -0.25) is 4.79 Å². The number of carbonyl (C=O) groups is 1. The Morgan fingerprint density at radius 3 is 2.55 bits per heavy atom. The fourth-order valence-electron chi connectivity index (χ4n) is 2.28. The lowest BCUT2D eigenvalue weighted by Crippen LogP contribution is -2.28. The minimum Gasteiger partial charge on any atom is -0.399 e. The maximum atomic E-state index is 12.5. The van der Waals surface area contributed by atoms with Crippen LogP contribution in [0.15, 0.2) is 42.6 Å². The second kappa shape index (κ2) is 4.80. The molecule has 0 aliphatic heterocycles. The molecule has 4 nitrogen and oxygen atoms in total. The third kappa shape index (κ3) is 2.23. The van der Waals surface area contributed by atoms with E-state index in [1.807, 2.05) is 24.3 Å². The highest BCUT2D eigenvalue weighted by molar-refractivity contribution is 6.33. The third-order valence-electron chi connectivity index (χ3n) is 3.64. The quantitative estimate of drug-likeness (QED) is 0.853. The number of rotatable bonds is 3. The topological polar surface area (TPSA) is 68.0 Å². The molecule has 1 aliphatic rings. The molecule has 3 N–H and O–H groups in total. The number of aromatic nitrogens is 1. The van der Waals surface area contributed by atoms with Gasteiger partial charge in [-0.25, -0.2) is 4.98 Å². The summed E-state index contributed by atoms with van der Waals surface area (Å²) in [5, 5.41) is 3.25. The summed E-state index contributed by atoms with van der Waals surface area (Å²) >= 11 is 6.01. The van der Waals surface area contributed by atoms with Gasteiger partial charge >= 0.3 is 0 Å². The standard InChI is InChI=1S/C15H14ClN3O/c16-12-2-1-9-18-13(12)19-14(20)15(7-8-15)10-3-5-11(17)6-4-10/h1-6,9H,7-8,17H2,(H,18,19,20). The lowest BCUT2D eigenvalue weighted by molar-refractivity contribution is -0.118. The van der Waals surface area contributed by atoms with E-state index in [0.29, 0.717) is 16.5 Å². The van der Waals surface area contributed by atoms with E-state index in [1.165, 1.54) is 0 Å². The van der Waals surface area contributed by atoms with Gasteiger partial charge < -0.3 is 11.1 Å². The van der Waals surface area contributed by atoms with E-state index in [1.54, 1.807) is 18.3 Å². The molecule has 20 heavy (non-hydrogen) atoms. The molecule has 5 heteroatoms. The second-order valence-corrected chi connectivity index (χ2v) is 5.40. The number of hydrogen-bond donors (Lipinski definition) is 2. The number of benzene rings is 1. The number of amides is 1. The van der Waals surface area contributed by atoms with Gasteiger partial charge in [0.05, 0.1) is 10.4 Å². The van der Waals surface area contributed by atoms with Crippen molar-refractivity contribution in [3.8, 4) is 0 Å². The van der Waals surface area contributed by atoms with Crippen LogP contribution in [0.1, 0.15) is 18.4 Å². The highest BCUT2D eigenvalue weighted by Gasteiger charge is 2.51. The third-order valence-corrected chi connectivity index (χ3v) is 3.94. The Hall–Kier alpha value is -2.07. The van der Waals surface area contributed by atoms with Gasteiger partial charge in [-0.05, 0) is 42.7 Å². The molecule has 1 amide bonds. The molecule has 0 spiro atoms. The molecule has 3 rings (SSSR count). The molecule has 1 saturated carbocycles. The molecule has 2 aromatic rings. The van der Waals surface area contributed by atoms with Crippen LogP contribution >= 0.6 is 11.6 Å². The number of carbonyl (C=O) groups excluding carboxylic acids is 1. The maximum Gasteiger partial charge on any atom is 0.236 e. The SMILES string of the molecule is Nc1ccc(C2(C(=O)Nc3ncccc3Cl)CC2)cc1. The number of anilines is 2. The van der Waals surface area contributed by atoms with E-state index in [2.05, 4.69) is 10.3 Å². The van der Waals surface area contributed by atoms with Crippen molar-refractivity contribution >= 4 is 29.0 Å². The van der Waals surface area contributed by atoms with Crippen LogP contribution < -0.4 is 11.1 Å². The van der Waals surface area contributed by atoms with Crippen molar-refractivity contribution < 1.29 is 4.79 Å². The number of nitrogens with zero attached hydrogens (tertiary/aromatic N) is 1. The molecule has 1 fully saturated rings. The van der Waals surface area contributed by atoms with Crippen LogP contribution in [0.25, 0.3) is 0 Å². The number of nitrogen functional groups attached to an aromatic ring is 1. The number of hydrogen-bond acceptors (Lipinski definition) is 3.